The molecular formula is C33H43F2N5O7. The van der Waals surface area contributed by atoms with E-state index >= 15 is 0 Å². The zero-order valence-corrected chi connectivity index (χ0v) is 26.8. The van der Waals surface area contributed by atoms with Gasteiger partial charge in [-0.2, -0.15) is 0 Å². The van der Waals surface area contributed by atoms with Gasteiger partial charge in [-0.05, 0) is 55.9 Å². The summed E-state index contributed by atoms with van der Waals surface area (Å²) in [6.07, 6.45) is 2.04. The Kier molecular flexibility index (Phi) is 14.1. The molecule has 4 N–H and O–H groups in total. The molecule has 1 heterocycles. The molecule has 0 aliphatic carbocycles. The number of hydroxylamine groups is 1. The first-order valence-electron chi connectivity index (χ1n) is 15.7. The molecule has 0 spiro atoms. The number of carbonyl (C=O) groups excluding carboxylic acids is 5. The van der Waals surface area contributed by atoms with E-state index < -0.39 is 53.4 Å². The van der Waals surface area contributed by atoms with Crippen LogP contribution in [-0.4, -0.2) is 89.4 Å². The Hall–Kier alpha value is -4.59. The summed E-state index contributed by atoms with van der Waals surface area (Å²) in [4.78, 5) is 68.1. The first kappa shape index (κ1) is 36.9. The molecule has 1 aliphatic rings. The summed E-state index contributed by atoms with van der Waals surface area (Å²) < 4.78 is 32.7. The van der Waals surface area contributed by atoms with E-state index in [0.29, 0.717) is 50.7 Å². The topological polar surface area (TPSA) is 157 Å². The van der Waals surface area contributed by atoms with Gasteiger partial charge in [0.25, 0.3) is 11.8 Å². The molecule has 0 saturated carbocycles. The van der Waals surface area contributed by atoms with Gasteiger partial charge in [-0.15, -0.1) is 0 Å². The summed E-state index contributed by atoms with van der Waals surface area (Å²) in [5, 5.41) is 14.3. The monoisotopic (exact) mass is 659 g/mol. The molecule has 2 unspecified atom stereocenters. The van der Waals surface area contributed by atoms with E-state index in [1.54, 1.807) is 11.8 Å². The minimum absolute atomic E-state index is 0.182. The fourth-order valence-corrected chi connectivity index (χ4v) is 5.53. The van der Waals surface area contributed by atoms with Crippen molar-refractivity contribution in [1.82, 2.24) is 25.9 Å². The third kappa shape index (κ3) is 10.5. The average molecular weight is 660 g/mol. The number of hydrogen-bond acceptors (Lipinski definition) is 7. The van der Waals surface area contributed by atoms with Gasteiger partial charge in [0.1, 0.15) is 35.5 Å². The Balaban J connectivity index is 1.62. The summed E-state index contributed by atoms with van der Waals surface area (Å²) in [6, 6.07) is 8.45. The van der Waals surface area contributed by atoms with Crippen molar-refractivity contribution in [2.45, 2.75) is 70.5 Å². The van der Waals surface area contributed by atoms with Crippen molar-refractivity contribution in [2.24, 2.45) is 5.92 Å². The lowest BCUT2D eigenvalue weighted by Gasteiger charge is -2.36. The molecule has 0 aromatic heterocycles. The van der Waals surface area contributed by atoms with Crippen LogP contribution in [0.3, 0.4) is 0 Å². The molecule has 0 radical (unpaired) electrons. The lowest BCUT2D eigenvalue weighted by Crippen LogP contribution is -2.58. The third-order valence-corrected chi connectivity index (χ3v) is 8.21. The summed E-state index contributed by atoms with van der Waals surface area (Å²) in [6.45, 7) is 4.17. The van der Waals surface area contributed by atoms with Gasteiger partial charge < -0.3 is 25.2 Å². The van der Waals surface area contributed by atoms with Gasteiger partial charge in [0, 0.05) is 38.2 Å². The molecule has 14 heteroatoms. The third-order valence-electron chi connectivity index (χ3n) is 8.21. The number of ether oxygens (including phenoxy) is 1. The van der Waals surface area contributed by atoms with E-state index in [4.69, 9.17) is 4.74 Å². The number of carbonyl (C=O) groups is 5. The second kappa shape index (κ2) is 17.9. The van der Waals surface area contributed by atoms with E-state index in [-0.39, 0.29) is 36.8 Å². The minimum Gasteiger partial charge on any atom is -0.494 e. The van der Waals surface area contributed by atoms with Crippen LogP contribution in [0.1, 0.15) is 62.7 Å². The minimum atomic E-state index is -1.32. The fourth-order valence-electron chi connectivity index (χ4n) is 5.53. The molecule has 5 amide bonds. The Morgan fingerprint density at radius 3 is 2.38 bits per heavy atom. The molecule has 12 nitrogen and oxygen atoms in total. The van der Waals surface area contributed by atoms with Crippen molar-refractivity contribution in [3.63, 3.8) is 0 Å². The molecule has 0 bridgehead atoms. The summed E-state index contributed by atoms with van der Waals surface area (Å²) in [7, 11) is 1.48. The second-order valence-corrected chi connectivity index (χ2v) is 11.5. The zero-order chi connectivity index (χ0) is 34.5. The molecule has 47 heavy (non-hydrogen) atoms. The van der Waals surface area contributed by atoms with E-state index in [1.165, 1.54) is 17.4 Å². The van der Waals surface area contributed by atoms with E-state index in [0.717, 1.165) is 12.1 Å². The van der Waals surface area contributed by atoms with E-state index in [9.17, 15) is 38.0 Å². The number of benzene rings is 2. The maximum Gasteiger partial charge on any atom is 0.265 e. The van der Waals surface area contributed by atoms with Crippen molar-refractivity contribution in [3.8, 4) is 5.75 Å². The highest BCUT2D eigenvalue weighted by atomic mass is 19.1. The molecule has 1 fully saturated rings. The molecule has 256 valence electrons. The highest BCUT2D eigenvalue weighted by Gasteiger charge is 2.40. The Morgan fingerprint density at radius 1 is 1.06 bits per heavy atom. The van der Waals surface area contributed by atoms with Crippen molar-refractivity contribution < 1.29 is 42.7 Å². The quantitative estimate of drug-likeness (QED) is 0.123. The van der Waals surface area contributed by atoms with Crippen LogP contribution in [0, 0.1) is 17.6 Å². The predicted octanol–water partition coefficient (Wildman–Crippen LogP) is 2.80. The van der Waals surface area contributed by atoms with Crippen LogP contribution in [0.4, 0.5) is 8.78 Å². The average Bonchev–Trinajstić information content (AvgIpc) is 3.55. The van der Waals surface area contributed by atoms with E-state index in [2.05, 4.69) is 10.6 Å². The van der Waals surface area contributed by atoms with Crippen LogP contribution >= 0.6 is 0 Å². The van der Waals surface area contributed by atoms with Crippen molar-refractivity contribution in [2.75, 3.05) is 26.7 Å². The van der Waals surface area contributed by atoms with Gasteiger partial charge in [-0.3, -0.25) is 29.2 Å². The lowest BCUT2D eigenvalue weighted by molar-refractivity contribution is -0.148. The van der Waals surface area contributed by atoms with Gasteiger partial charge in [-0.1, -0.05) is 38.5 Å². The summed E-state index contributed by atoms with van der Waals surface area (Å²) in [5.41, 5.74) is 1.21. The molecule has 2 aromatic rings. The fraction of sp³-hybridized carbons (Fsp3) is 0.485. The van der Waals surface area contributed by atoms with Crippen molar-refractivity contribution >= 4 is 29.5 Å². The smallest absolute Gasteiger partial charge is 0.265 e. The normalized spacial score (nSPS) is 16.0. The first-order chi connectivity index (χ1) is 22.5. The van der Waals surface area contributed by atoms with Crippen LogP contribution in [-0.2, 0) is 19.2 Å². The van der Waals surface area contributed by atoms with Gasteiger partial charge in [0.15, 0.2) is 0 Å². The zero-order valence-electron chi connectivity index (χ0n) is 26.8. The molecule has 1 saturated heterocycles. The van der Waals surface area contributed by atoms with Crippen LogP contribution < -0.4 is 20.9 Å². The van der Waals surface area contributed by atoms with Gasteiger partial charge in [0.05, 0.1) is 6.61 Å². The Morgan fingerprint density at radius 2 is 1.74 bits per heavy atom. The van der Waals surface area contributed by atoms with Crippen LogP contribution in [0.2, 0.25) is 0 Å². The SMILES string of the molecule is CCC(C)[C@@H](C(=O)N[C@@H](CCNC(=O)c1cc(F)cc(F)c1)C(=O)NO)N(C)C(=O)C1CCCN1C(=O)CCCOc1ccccc1. The Bertz CT molecular complexity index is 1380. The number of nitrogens with zero attached hydrogens (tertiary/aromatic N) is 2. The molecule has 2 aromatic carbocycles. The summed E-state index contributed by atoms with van der Waals surface area (Å²) >= 11 is 0. The maximum absolute atomic E-state index is 13.8. The van der Waals surface area contributed by atoms with E-state index in [1.807, 2.05) is 37.3 Å². The first-order valence-corrected chi connectivity index (χ1v) is 15.7. The van der Waals surface area contributed by atoms with Crippen molar-refractivity contribution in [1.29, 1.82) is 0 Å². The van der Waals surface area contributed by atoms with Crippen LogP contribution in [0.15, 0.2) is 48.5 Å². The molecular weight excluding hydrogens is 616 g/mol. The predicted molar refractivity (Wildman–Crippen MR) is 167 cm³/mol. The summed E-state index contributed by atoms with van der Waals surface area (Å²) in [5.74, 6) is -4.56. The van der Waals surface area contributed by atoms with Gasteiger partial charge in [-0.25, -0.2) is 14.3 Å². The Labute approximate surface area is 272 Å². The number of nitrogens with one attached hydrogen (secondary N) is 3. The molecule has 1 aliphatic heterocycles. The largest absolute Gasteiger partial charge is 0.494 e. The standard InChI is InChI=1S/C33H43F2N5O7/c1-4-21(2)29(32(44)37-26(31(43)38-46)14-15-36-30(42)22-18-23(34)20-24(35)19-22)39(3)33(45)27-12-8-16-40(27)28(41)13-9-17-47-25-10-6-5-7-11-25/h5-7,10-11,18-21,26-27,29,46H,4,8-9,12-17H2,1-3H3,(H,36,42)(H,37,44)(H,38,43)/t21?,26-,27?,29-/m0/s1. The number of hydrogen-bond donors (Lipinski definition) is 4. The highest BCUT2D eigenvalue weighted by molar-refractivity contribution is 5.95. The van der Waals surface area contributed by atoms with Crippen LogP contribution in [0.25, 0.3) is 0 Å². The number of para-hydroxylation sites is 1. The molecule has 4 atom stereocenters. The number of amides is 5. The highest BCUT2D eigenvalue weighted by Crippen LogP contribution is 2.24. The maximum atomic E-state index is 13.8. The van der Waals surface area contributed by atoms with Gasteiger partial charge >= 0.3 is 0 Å². The van der Waals surface area contributed by atoms with Gasteiger partial charge in [0.2, 0.25) is 17.7 Å². The van der Waals surface area contributed by atoms with Crippen LogP contribution in [0.5, 0.6) is 5.75 Å². The lowest BCUT2D eigenvalue weighted by atomic mass is 9.95. The number of likely N-dealkylation sites (tertiary alicyclic amines) is 1. The van der Waals surface area contributed by atoms with Crippen molar-refractivity contribution in [3.05, 3.63) is 65.7 Å². The second-order valence-electron chi connectivity index (χ2n) is 11.5. The molecule has 3 rings (SSSR count). The number of likely N-dealkylation sites (N-methyl/N-ethyl adjacent to an activating group) is 1. The number of rotatable bonds is 16. The number of halogens is 2.